The molecule has 112 valence electrons. The van der Waals surface area contributed by atoms with Gasteiger partial charge in [0.1, 0.15) is 0 Å². The molecule has 1 aliphatic rings. The van der Waals surface area contributed by atoms with Gasteiger partial charge in [-0.3, -0.25) is 4.98 Å². The highest BCUT2D eigenvalue weighted by molar-refractivity contribution is 7.92. The zero-order valence-electron chi connectivity index (χ0n) is 12.1. The Morgan fingerprint density at radius 1 is 1.24 bits per heavy atom. The van der Waals surface area contributed by atoms with Gasteiger partial charge in [0.05, 0.1) is 16.5 Å². The van der Waals surface area contributed by atoms with Crippen LogP contribution in [-0.2, 0) is 16.4 Å². The molecule has 1 aliphatic heterocycles. The zero-order valence-corrected chi connectivity index (χ0v) is 12.9. The fourth-order valence-electron chi connectivity index (χ4n) is 2.87. The Kier molecular flexibility index (Phi) is 3.95. The van der Waals surface area contributed by atoms with Gasteiger partial charge in [0.25, 0.3) is 0 Å². The number of aromatic nitrogens is 1. The highest BCUT2D eigenvalue weighted by atomic mass is 32.2. The molecule has 4 nitrogen and oxygen atoms in total. The van der Waals surface area contributed by atoms with E-state index in [1.807, 2.05) is 30.3 Å². The van der Waals surface area contributed by atoms with Crippen LogP contribution in [0.2, 0.25) is 0 Å². The van der Waals surface area contributed by atoms with E-state index in [1.54, 1.807) is 13.1 Å². The molecule has 1 fully saturated rings. The maximum Gasteiger partial charge on any atom is 0.154 e. The summed E-state index contributed by atoms with van der Waals surface area (Å²) in [5, 5.41) is 4.30. The summed E-state index contributed by atoms with van der Waals surface area (Å²) in [6, 6.07) is 10.1. The summed E-state index contributed by atoms with van der Waals surface area (Å²) in [6.07, 6.45) is 3.45. The van der Waals surface area contributed by atoms with Crippen molar-refractivity contribution in [1.29, 1.82) is 0 Å². The van der Waals surface area contributed by atoms with Crippen LogP contribution in [0.5, 0.6) is 0 Å². The molecule has 1 aromatic carbocycles. The molecule has 21 heavy (non-hydrogen) atoms. The number of nitrogens with one attached hydrogen (secondary N) is 1. The summed E-state index contributed by atoms with van der Waals surface area (Å²) in [6.45, 7) is 2.46. The second kappa shape index (κ2) is 5.73. The van der Waals surface area contributed by atoms with E-state index in [-0.39, 0.29) is 17.0 Å². The number of hydrogen-bond donors (Lipinski definition) is 1. The largest absolute Gasteiger partial charge is 0.309 e. The molecule has 0 amide bonds. The van der Waals surface area contributed by atoms with Crippen LogP contribution < -0.4 is 5.32 Å². The number of benzene rings is 1. The molecule has 0 radical (unpaired) electrons. The highest BCUT2D eigenvalue weighted by Crippen LogP contribution is 2.21. The number of nitrogens with zero attached hydrogens (tertiary/aromatic N) is 1. The van der Waals surface area contributed by atoms with Gasteiger partial charge in [-0.1, -0.05) is 24.3 Å². The topological polar surface area (TPSA) is 59.1 Å². The van der Waals surface area contributed by atoms with Crippen LogP contribution in [-0.4, -0.2) is 30.4 Å². The van der Waals surface area contributed by atoms with E-state index >= 15 is 0 Å². The van der Waals surface area contributed by atoms with Crippen molar-refractivity contribution in [3.8, 4) is 0 Å². The van der Waals surface area contributed by atoms with Gasteiger partial charge in [-0.15, -0.1) is 0 Å². The molecule has 5 heteroatoms. The zero-order chi connectivity index (χ0) is 14.9. The first-order chi connectivity index (χ1) is 10.1. The monoisotopic (exact) mass is 304 g/mol. The molecule has 3 rings (SSSR count). The first-order valence-corrected chi connectivity index (χ1v) is 9.05. The number of sulfone groups is 1. The first kappa shape index (κ1) is 14.5. The van der Waals surface area contributed by atoms with E-state index in [4.69, 9.17) is 0 Å². The lowest BCUT2D eigenvalue weighted by molar-refractivity contribution is 0.459. The van der Waals surface area contributed by atoms with Crippen LogP contribution >= 0.6 is 0 Å². The summed E-state index contributed by atoms with van der Waals surface area (Å²) >= 11 is 0. The molecular weight excluding hydrogens is 284 g/mol. The summed E-state index contributed by atoms with van der Waals surface area (Å²) in [5.41, 5.74) is 2.10. The summed E-state index contributed by atoms with van der Waals surface area (Å²) in [5.74, 6) is 0.242. The fourth-order valence-corrected chi connectivity index (χ4v) is 4.54. The third-order valence-corrected chi connectivity index (χ3v) is 6.59. The van der Waals surface area contributed by atoms with Crippen molar-refractivity contribution < 1.29 is 8.42 Å². The molecule has 1 aromatic heterocycles. The van der Waals surface area contributed by atoms with Crippen LogP contribution in [0.15, 0.2) is 36.5 Å². The van der Waals surface area contributed by atoms with Crippen molar-refractivity contribution in [2.45, 2.75) is 37.6 Å². The minimum Gasteiger partial charge on any atom is -0.309 e. The average Bonchev–Trinajstić information content (AvgIpc) is 2.48. The van der Waals surface area contributed by atoms with Gasteiger partial charge >= 0.3 is 0 Å². The molecule has 0 saturated carbocycles. The normalized spacial score (nSPS) is 25.0. The van der Waals surface area contributed by atoms with Crippen molar-refractivity contribution in [3.63, 3.8) is 0 Å². The number of pyridine rings is 1. The quantitative estimate of drug-likeness (QED) is 0.945. The Bertz CT molecular complexity index is 738. The maximum atomic E-state index is 12.0. The van der Waals surface area contributed by atoms with Crippen LogP contribution in [0.3, 0.4) is 0 Å². The van der Waals surface area contributed by atoms with Crippen LogP contribution in [0.4, 0.5) is 0 Å². The molecule has 0 aliphatic carbocycles. The van der Waals surface area contributed by atoms with E-state index in [0.29, 0.717) is 6.54 Å². The Morgan fingerprint density at radius 3 is 2.86 bits per heavy atom. The van der Waals surface area contributed by atoms with Gasteiger partial charge in [0.15, 0.2) is 9.84 Å². The molecule has 2 atom stereocenters. The van der Waals surface area contributed by atoms with Crippen molar-refractivity contribution in [2.75, 3.05) is 5.75 Å². The molecule has 0 bridgehead atoms. The highest BCUT2D eigenvalue weighted by Gasteiger charge is 2.30. The smallest absolute Gasteiger partial charge is 0.154 e. The lowest BCUT2D eigenvalue weighted by Crippen LogP contribution is -2.42. The average molecular weight is 304 g/mol. The lowest BCUT2D eigenvalue weighted by atomic mass is 10.1. The number of hydrogen-bond acceptors (Lipinski definition) is 4. The SMILES string of the molecule is CC1CCC(NCc2cccc3cccnc23)CS1(=O)=O. The summed E-state index contributed by atoms with van der Waals surface area (Å²) in [7, 11) is -2.94. The van der Waals surface area contributed by atoms with Gasteiger partial charge in [-0.25, -0.2) is 8.42 Å². The van der Waals surface area contributed by atoms with E-state index in [1.165, 1.54) is 0 Å². The van der Waals surface area contributed by atoms with Crippen molar-refractivity contribution >= 4 is 20.7 Å². The summed E-state index contributed by atoms with van der Waals surface area (Å²) in [4.78, 5) is 4.43. The van der Waals surface area contributed by atoms with E-state index in [9.17, 15) is 8.42 Å². The second-order valence-electron chi connectivity index (χ2n) is 5.79. The van der Waals surface area contributed by atoms with Crippen LogP contribution in [0.1, 0.15) is 25.3 Å². The van der Waals surface area contributed by atoms with Gasteiger partial charge in [-0.2, -0.15) is 0 Å². The van der Waals surface area contributed by atoms with Crippen molar-refractivity contribution in [1.82, 2.24) is 10.3 Å². The minimum absolute atomic E-state index is 0.0465. The molecule has 1 saturated heterocycles. The standard InChI is InChI=1S/C16H20N2O2S/c1-12-7-8-15(11-21(12,19)20)18-10-14-5-2-4-13-6-3-9-17-16(13)14/h2-6,9,12,15,18H,7-8,10-11H2,1H3. The summed E-state index contributed by atoms with van der Waals surface area (Å²) < 4.78 is 23.9. The predicted molar refractivity (Wildman–Crippen MR) is 84.9 cm³/mol. The molecular formula is C16H20N2O2S. The third kappa shape index (κ3) is 3.09. The predicted octanol–water partition coefficient (Wildman–Crippen LogP) is 2.29. The number of fused-ring (bicyclic) bond motifs is 1. The van der Waals surface area contributed by atoms with Gasteiger partial charge in [-0.05, 0) is 31.4 Å². The molecule has 1 N–H and O–H groups in total. The van der Waals surface area contributed by atoms with Crippen molar-refractivity contribution in [3.05, 3.63) is 42.1 Å². The van der Waals surface area contributed by atoms with Crippen molar-refractivity contribution in [2.24, 2.45) is 0 Å². The molecule has 0 spiro atoms. The Labute approximate surface area is 125 Å². The lowest BCUT2D eigenvalue weighted by Gasteiger charge is -2.27. The minimum atomic E-state index is -2.94. The van der Waals surface area contributed by atoms with Gasteiger partial charge in [0, 0.05) is 24.2 Å². The second-order valence-corrected chi connectivity index (χ2v) is 8.25. The number of para-hydroxylation sites is 1. The third-order valence-electron chi connectivity index (χ3n) is 4.27. The Hall–Kier alpha value is -1.46. The van der Waals surface area contributed by atoms with Gasteiger partial charge < -0.3 is 5.32 Å². The molecule has 2 aromatic rings. The van der Waals surface area contributed by atoms with E-state index in [0.717, 1.165) is 29.3 Å². The van der Waals surface area contributed by atoms with E-state index < -0.39 is 9.84 Å². The Morgan fingerprint density at radius 2 is 2.05 bits per heavy atom. The maximum absolute atomic E-state index is 12.0. The fraction of sp³-hybridized carbons (Fsp3) is 0.438. The van der Waals surface area contributed by atoms with Crippen LogP contribution in [0.25, 0.3) is 10.9 Å². The Balaban J connectivity index is 1.73. The molecule has 2 heterocycles. The molecule has 2 unspecified atom stereocenters. The number of rotatable bonds is 3. The van der Waals surface area contributed by atoms with Gasteiger partial charge in [0.2, 0.25) is 0 Å². The first-order valence-electron chi connectivity index (χ1n) is 7.34. The van der Waals surface area contributed by atoms with E-state index in [2.05, 4.69) is 10.3 Å². The van der Waals surface area contributed by atoms with Crippen LogP contribution in [0, 0.1) is 0 Å².